The number of amides is 2. The van der Waals surface area contributed by atoms with Crippen LogP contribution in [0.3, 0.4) is 0 Å². The number of carboxylic acid groups (broad SMARTS) is 1. The van der Waals surface area contributed by atoms with Gasteiger partial charge in [-0.2, -0.15) is 0 Å². The number of nitrogens with one attached hydrogen (secondary N) is 2. The zero-order valence-corrected chi connectivity index (χ0v) is 14.9. The number of aliphatic carboxylic acids is 1. The quantitative estimate of drug-likeness (QED) is 0.520. The molecule has 1 rings (SSSR count). The van der Waals surface area contributed by atoms with Crippen LogP contribution in [0.25, 0.3) is 0 Å². The highest BCUT2D eigenvalue weighted by molar-refractivity contribution is 5.90. The molecule has 0 saturated carbocycles. The number of carbonyl (C=O) groups excluding carboxylic acids is 3. The van der Waals surface area contributed by atoms with E-state index in [1.807, 2.05) is 30.3 Å². The lowest BCUT2D eigenvalue weighted by molar-refractivity contribution is -0.150. The van der Waals surface area contributed by atoms with E-state index >= 15 is 0 Å². The van der Waals surface area contributed by atoms with Crippen LogP contribution >= 0.6 is 0 Å². The standard InChI is InChI=1S/C18H24N2O6/c1-12(17(24)20-14(11-16(22)23)18(25)26-2)10-15(21)19-9-8-13-6-4-3-5-7-13/h3-7,12,14H,8-11H2,1-2H3,(H,19,21)(H,20,24)(H,22,23). The number of carbonyl (C=O) groups is 4. The van der Waals surface area contributed by atoms with E-state index in [9.17, 15) is 19.2 Å². The van der Waals surface area contributed by atoms with E-state index in [2.05, 4.69) is 15.4 Å². The molecule has 0 heterocycles. The summed E-state index contributed by atoms with van der Waals surface area (Å²) in [5.41, 5.74) is 1.09. The number of ether oxygens (including phenoxy) is 1. The summed E-state index contributed by atoms with van der Waals surface area (Å²) >= 11 is 0. The minimum Gasteiger partial charge on any atom is -0.481 e. The number of esters is 1. The summed E-state index contributed by atoms with van der Waals surface area (Å²) in [6.07, 6.45) is 0.0200. The van der Waals surface area contributed by atoms with Gasteiger partial charge in [0.1, 0.15) is 6.04 Å². The molecule has 0 spiro atoms. The van der Waals surface area contributed by atoms with Crippen LogP contribution in [0.1, 0.15) is 25.3 Å². The maximum Gasteiger partial charge on any atom is 0.328 e. The summed E-state index contributed by atoms with van der Waals surface area (Å²) in [5.74, 6) is -3.68. The second-order valence-electron chi connectivity index (χ2n) is 5.87. The Labute approximate surface area is 151 Å². The normalized spacial score (nSPS) is 12.5. The third-order valence-electron chi connectivity index (χ3n) is 3.70. The van der Waals surface area contributed by atoms with E-state index in [1.165, 1.54) is 6.92 Å². The highest BCUT2D eigenvalue weighted by atomic mass is 16.5. The molecule has 0 fully saturated rings. The Morgan fingerprint density at radius 3 is 2.35 bits per heavy atom. The van der Waals surface area contributed by atoms with Crippen LogP contribution in [-0.2, 0) is 30.3 Å². The fraction of sp³-hybridized carbons (Fsp3) is 0.444. The van der Waals surface area contributed by atoms with Crippen molar-refractivity contribution in [2.24, 2.45) is 5.92 Å². The molecule has 8 nitrogen and oxygen atoms in total. The van der Waals surface area contributed by atoms with Gasteiger partial charge >= 0.3 is 11.9 Å². The molecule has 26 heavy (non-hydrogen) atoms. The Bertz CT molecular complexity index is 632. The van der Waals surface area contributed by atoms with Gasteiger partial charge in [-0.05, 0) is 12.0 Å². The second kappa shape index (κ2) is 10.9. The molecule has 142 valence electrons. The van der Waals surface area contributed by atoms with E-state index in [1.54, 1.807) is 0 Å². The van der Waals surface area contributed by atoms with Gasteiger partial charge in [0.25, 0.3) is 0 Å². The van der Waals surface area contributed by atoms with Gasteiger partial charge in [-0.3, -0.25) is 14.4 Å². The van der Waals surface area contributed by atoms with E-state index < -0.39 is 36.2 Å². The van der Waals surface area contributed by atoms with Gasteiger partial charge in [0.2, 0.25) is 11.8 Å². The third kappa shape index (κ3) is 7.78. The average molecular weight is 364 g/mol. The van der Waals surface area contributed by atoms with Crippen molar-refractivity contribution in [3.63, 3.8) is 0 Å². The van der Waals surface area contributed by atoms with Crippen molar-refractivity contribution in [1.82, 2.24) is 10.6 Å². The first-order valence-corrected chi connectivity index (χ1v) is 8.24. The molecule has 1 aromatic rings. The van der Waals surface area contributed by atoms with Crippen LogP contribution in [0.4, 0.5) is 0 Å². The number of methoxy groups -OCH3 is 1. The molecule has 0 bridgehead atoms. The molecule has 0 aliphatic heterocycles. The Morgan fingerprint density at radius 2 is 1.77 bits per heavy atom. The molecule has 3 N–H and O–H groups in total. The smallest absolute Gasteiger partial charge is 0.328 e. The Kier molecular flexibility index (Phi) is 8.83. The molecular weight excluding hydrogens is 340 g/mol. The molecule has 0 aromatic heterocycles. The van der Waals surface area contributed by atoms with Crippen molar-refractivity contribution in [3.8, 4) is 0 Å². The molecular formula is C18H24N2O6. The molecule has 0 aliphatic rings. The van der Waals surface area contributed by atoms with Crippen LogP contribution in [0, 0.1) is 5.92 Å². The van der Waals surface area contributed by atoms with Crippen molar-refractivity contribution in [2.75, 3.05) is 13.7 Å². The zero-order chi connectivity index (χ0) is 19.5. The number of carboxylic acids is 1. The molecule has 8 heteroatoms. The summed E-state index contributed by atoms with van der Waals surface area (Å²) in [6, 6.07) is 8.37. The van der Waals surface area contributed by atoms with Gasteiger partial charge in [-0.25, -0.2) is 4.79 Å². The SMILES string of the molecule is COC(=O)C(CC(=O)O)NC(=O)C(C)CC(=O)NCCc1ccccc1. The summed E-state index contributed by atoms with van der Waals surface area (Å²) in [6.45, 7) is 1.97. The van der Waals surface area contributed by atoms with Crippen molar-refractivity contribution < 1.29 is 29.0 Å². The van der Waals surface area contributed by atoms with Crippen molar-refractivity contribution in [3.05, 3.63) is 35.9 Å². The first-order chi connectivity index (χ1) is 12.3. The van der Waals surface area contributed by atoms with E-state index in [-0.39, 0.29) is 12.3 Å². The first kappa shape index (κ1) is 21.1. The fourth-order valence-electron chi connectivity index (χ4n) is 2.26. The van der Waals surface area contributed by atoms with E-state index in [0.29, 0.717) is 13.0 Å². The maximum absolute atomic E-state index is 12.1. The van der Waals surface area contributed by atoms with Crippen LogP contribution < -0.4 is 10.6 Å². The number of hydrogen-bond donors (Lipinski definition) is 3. The number of benzene rings is 1. The minimum absolute atomic E-state index is 0.0679. The fourth-order valence-corrected chi connectivity index (χ4v) is 2.26. The predicted octanol–water partition coefficient (Wildman–Crippen LogP) is 0.504. The van der Waals surface area contributed by atoms with Gasteiger partial charge in [0, 0.05) is 18.9 Å². The van der Waals surface area contributed by atoms with Crippen LogP contribution in [0.5, 0.6) is 0 Å². The van der Waals surface area contributed by atoms with Gasteiger partial charge < -0.3 is 20.5 Å². The third-order valence-corrected chi connectivity index (χ3v) is 3.70. The summed E-state index contributed by atoms with van der Waals surface area (Å²) in [7, 11) is 1.10. The molecule has 2 atom stereocenters. The van der Waals surface area contributed by atoms with Gasteiger partial charge in [0.05, 0.1) is 13.5 Å². The molecule has 0 aliphatic carbocycles. The summed E-state index contributed by atoms with van der Waals surface area (Å²) < 4.78 is 4.47. The topological polar surface area (TPSA) is 122 Å². The van der Waals surface area contributed by atoms with Gasteiger partial charge in [-0.1, -0.05) is 37.3 Å². The average Bonchev–Trinajstić information content (AvgIpc) is 2.60. The van der Waals surface area contributed by atoms with Gasteiger partial charge in [-0.15, -0.1) is 0 Å². The molecule has 1 aromatic carbocycles. The predicted molar refractivity (Wildman–Crippen MR) is 93.1 cm³/mol. The molecule has 0 radical (unpaired) electrons. The van der Waals surface area contributed by atoms with Crippen LogP contribution in [0.2, 0.25) is 0 Å². The largest absolute Gasteiger partial charge is 0.481 e. The summed E-state index contributed by atoms with van der Waals surface area (Å²) in [4.78, 5) is 46.3. The number of hydrogen-bond acceptors (Lipinski definition) is 5. The van der Waals surface area contributed by atoms with Crippen LogP contribution in [0.15, 0.2) is 30.3 Å². The monoisotopic (exact) mass is 364 g/mol. The zero-order valence-electron chi connectivity index (χ0n) is 14.9. The molecule has 2 amide bonds. The highest BCUT2D eigenvalue weighted by Gasteiger charge is 2.27. The minimum atomic E-state index is -1.28. The highest BCUT2D eigenvalue weighted by Crippen LogP contribution is 2.05. The van der Waals surface area contributed by atoms with E-state index in [4.69, 9.17) is 5.11 Å². The van der Waals surface area contributed by atoms with Crippen molar-refractivity contribution >= 4 is 23.8 Å². The second-order valence-corrected chi connectivity index (χ2v) is 5.87. The molecule has 0 saturated heterocycles. The van der Waals surface area contributed by atoms with E-state index in [0.717, 1.165) is 12.7 Å². The maximum atomic E-state index is 12.1. The van der Waals surface area contributed by atoms with Gasteiger partial charge in [0.15, 0.2) is 0 Å². The first-order valence-electron chi connectivity index (χ1n) is 8.24. The lowest BCUT2D eigenvalue weighted by atomic mass is 10.1. The van der Waals surface area contributed by atoms with Crippen molar-refractivity contribution in [2.45, 2.75) is 32.2 Å². The summed E-state index contributed by atoms with van der Waals surface area (Å²) in [5, 5.41) is 13.8. The lowest BCUT2D eigenvalue weighted by Gasteiger charge is -2.17. The van der Waals surface area contributed by atoms with Crippen molar-refractivity contribution in [1.29, 1.82) is 0 Å². The Hall–Kier alpha value is -2.90. The Morgan fingerprint density at radius 1 is 1.12 bits per heavy atom. The molecule has 2 unspecified atom stereocenters. The van der Waals surface area contributed by atoms with Crippen LogP contribution in [-0.4, -0.2) is 48.6 Å². The number of rotatable bonds is 10. The Balaban J connectivity index is 2.42. The lowest BCUT2D eigenvalue weighted by Crippen LogP contribution is -2.45.